The lowest BCUT2D eigenvalue weighted by Crippen LogP contribution is -2.13. The minimum atomic E-state index is -0.180. The number of methoxy groups -OCH3 is 1. The summed E-state index contributed by atoms with van der Waals surface area (Å²) in [6, 6.07) is 10.7. The molecule has 0 bridgehead atoms. The van der Waals surface area contributed by atoms with Crippen LogP contribution in [0.4, 0.5) is 11.5 Å². The average molecular weight is 271 g/mol. The van der Waals surface area contributed by atoms with Gasteiger partial charge < -0.3 is 15.4 Å². The molecule has 1 aromatic carbocycles. The Morgan fingerprint density at radius 2 is 2.05 bits per heavy atom. The second-order valence-corrected chi connectivity index (χ2v) is 4.32. The van der Waals surface area contributed by atoms with Gasteiger partial charge in [0.25, 0.3) is 5.91 Å². The number of nitrogens with zero attached hydrogens (tertiary/aromatic N) is 1. The van der Waals surface area contributed by atoms with E-state index in [1.807, 2.05) is 25.1 Å². The zero-order chi connectivity index (χ0) is 14.5. The van der Waals surface area contributed by atoms with Crippen LogP contribution in [-0.4, -0.2) is 25.0 Å². The van der Waals surface area contributed by atoms with Crippen LogP contribution in [0, 0.1) is 6.92 Å². The van der Waals surface area contributed by atoms with Gasteiger partial charge >= 0.3 is 0 Å². The Labute approximate surface area is 118 Å². The maximum absolute atomic E-state index is 12.2. The molecule has 20 heavy (non-hydrogen) atoms. The van der Waals surface area contributed by atoms with Gasteiger partial charge in [0.15, 0.2) is 0 Å². The van der Waals surface area contributed by atoms with Crippen molar-refractivity contribution in [1.29, 1.82) is 0 Å². The first kappa shape index (κ1) is 13.9. The van der Waals surface area contributed by atoms with Crippen molar-refractivity contribution in [2.24, 2.45) is 0 Å². The first-order valence-corrected chi connectivity index (χ1v) is 6.24. The quantitative estimate of drug-likeness (QED) is 0.897. The summed E-state index contributed by atoms with van der Waals surface area (Å²) in [4.78, 5) is 16.5. The lowest BCUT2D eigenvalue weighted by molar-refractivity contribution is 0.102. The van der Waals surface area contributed by atoms with Gasteiger partial charge in [-0.05, 0) is 31.2 Å². The molecule has 0 saturated carbocycles. The fourth-order valence-corrected chi connectivity index (χ4v) is 1.83. The first-order valence-electron chi connectivity index (χ1n) is 6.24. The number of rotatable bonds is 4. The molecule has 0 aliphatic carbocycles. The summed E-state index contributed by atoms with van der Waals surface area (Å²) in [7, 11) is 3.36. The molecule has 2 aromatic rings. The van der Waals surface area contributed by atoms with Crippen LogP contribution < -0.4 is 15.4 Å². The largest absolute Gasteiger partial charge is 0.497 e. The molecule has 2 N–H and O–H groups in total. The van der Waals surface area contributed by atoms with Crippen LogP contribution in [-0.2, 0) is 0 Å². The molecule has 0 aliphatic rings. The van der Waals surface area contributed by atoms with E-state index >= 15 is 0 Å². The van der Waals surface area contributed by atoms with Gasteiger partial charge in [0, 0.05) is 30.1 Å². The van der Waals surface area contributed by atoms with Crippen molar-refractivity contribution in [3.05, 3.63) is 47.7 Å². The van der Waals surface area contributed by atoms with Gasteiger partial charge in [-0.1, -0.05) is 6.07 Å². The van der Waals surface area contributed by atoms with E-state index in [0.29, 0.717) is 22.8 Å². The van der Waals surface area contributed by atoms with Crippen molar-refractivity contribution < 1.29 is 9.53 Å². The van der Waals surface area contributed by atoms with Crippen molar-refractivity contribution in [2.75, 3.05) is 24.8 Å². The van der Waals surface area contributed by atoms with Crippen LogP contribution in [0.1, 0.15) is 16.1 Å². The minimum Gasteiger partial charge on any atom is -0.497 e. The van der Waals surface area contributed by atoms with Gasteiger partial charge in [-0.15, -0.1) is 0 Å². The number of aromatic nitrogens is 1. The summed E-state index contributed by atoms with van der Waals surface area (Å²) in [6.07, 6.45) is 0. The highest BCUT2D eigenvalue weighted by atomic mass is 16.5. The summed E-state index contributed by atoms with van der Waals surface area (Å²) in [5, 5.41) is 5.77. The minimum absolute atomic E-state index is 0.180. The molecule has 5 heteroatoms. The molecule has 0 atom stereocenters. The molecule has 0 aliphatic heterocycles. The van der Waals surface area contributed by atoms with E-state index < -0.39 is 0 Å². The summed E-state index contributed by atoms with van der Waals surface area (Å²) in [5.74, 6) is 1.19. The Kier molecular flexibility index (Phi) is 4.20. The molecular weight excluding hydrogens is 254 g/mol. The van der Waals surface area contributed by atoms with Crippen molar-refractivity contribution in [2.45, 2.75) is 6.92 Å². The predicted octanol–water partition coefficient (Wildman–Crippen LogP) is 2.69. The van der Waals surface area contributed by atoms with E-state index in [1.54, 1.807) is 32.4 Å². The van der Waals surface area contributed by atoms with Crippen LogP contribution in [0.2, 0.25) is 0 Å². The van der Waals surface area contributed by atoms with Gasteiger partial charge in [0.2, 0.25) is 0 Å². The Bertz CT molecular complexity index is 626. The Hall–Kier alpha value is -2.56. The Morgan fingerprint density at radius 1 is 1.25 bits per heavy atom. The smallest absolute Gasteiger partial charge is 0.255 e. The Morgan fingerprint density at radius 3 is 2.75 bits per heavy atom. The molecule has 0 radical (unpaired) electrons. The fraction of sp³-hybridized carbons (Fsp3) is 0.200. The second kappa shape index (κ2) is 6.06. The van der Waals surface area contributed by atoms with Gasteiger partial charge in [-0.2, -0.15) is 0 Å². The number of nitrogens with one attached hydrogen (secondary N) is 2. The maximum atomic E-state index is 12.2. The number of pyridine rings is 1. The highest BCUT2D eigenvalue weighted by Crippen LogP contribution is 2.18. The first-order chi connectivity index (χ1) is 9.62. The number of ether oxygens (including phenoxy) is 1. The molecule has 1 amide bonds. The molecule has 2 rings (SSSR count). The van der Waals surface area contributed by atoms with Gasteiger partial charge in [-0.25, -0.2) is 4.98 Å². The van der Waals surface area contributed by atoms with Crippen LogP contribution in [0.25, 0.3) is 0 Å². The maximum Gasteiger partial charge on any atom is 0.255 e. The molecule has 104 valence electrons. The van der Waals surface area contributed by atoms with E-state index in [1.165, 1.54) is 0 Å². The van der Waals surface area contributed by atoms with Gasteiger partial charge in [0.05, 0.1) is 7.11 Å². The summed E-state index contributed by atoms with van der Waals surface area (Å²) < 4.78 is 5.13. The summed E-state index contributed by atoms with van der Waals surface area (Å²) >= 11 is 0. The van der Waals surface area contributed by atoms with Crippen LogP contribution in [0.3, 0.4) is 0 Å². The van der Waals surface area contributed by atoms with E-state index in [-0.39, 0.29) is 5.91 Å². The number of carbonyl (C=O) groups is 1. The third-order valence-corrected chi connectivity index (χ3v) is 2.80. The number of amides is 1. The van der Waals surface area contributed by atoms with Crippen molar-refractivity contribution >= 4 is 17.4 Å². The number of hydrogen-bond acceptors (Lipinski definition) is 4. The number of anilines is 2. The molecule has 0 fully saturated rings. The standard InChI is InChI=1S/C15H17N3O2/c1-10-7-11(8-14(16-2)17-10)15(19)18-12-5-4-6-13(9-12)20-3/h4-9H,1-3H3,(H,16,17)(H,18,19). The topological polar surface area (TPSA) is 63.2 Å². The SMILES string of the molecule is CNc1cc(C(=O)Nc2cccc(OC)c2)cc(C)n1. The average Bonchev–Trinajstić information content (AvgIpc) is 2.46. The van der Waals surface area contributed by atoms with Gasteiger partial charge in [-0.3, -0.25) is 4.79 Å². The molecule has 0 spiro atoms. The van der Waals surface area contributed by atoms with Crippen LogP contribution in [0.15, 0.2) is 36.4 Å². The molecule has 5 nitrogen and oxygen atoms in total. The number of carbonyl (C=O) groups excluding carboxylic acids is 1. The van der Waals surface area contributed by atoms with E-state index in [9.17, 15) is 4.79 Å². The monoisotopic (exact) mass is 271 g/mol. The highest BCUT2D eigenvalue weighted by Gasteiger charge is 2.09. The molecule has 0 unspecified atom stereocenters. The van der Waals surface area contributed by atoms with Gasteiger partial charge in [0.1, 0.15) is 11.6 Å². The lowest BCUT2D eigenvalue weighted by Gasteiger charge is -2.09. The Balaban J connectivity index is 2.21. The third-order valence-electron chi connectivity index (χ3n) is 2.80. The number of aryl methyl sites for hydroxylation is 1. The van der Waals surface area contributed by atoms with E-state index in [2.05, 4.69) is 15.6 Å². The lowest BCUT2D eigenvalue weighted by atomic mass is 10.2. The zero-order valence-corrected chi connectivity index (χ0v) is 11.7. The molecular formula is C15H17N3O2. The van der Waals surface area contributed by atoms with E-state index in [0.717, 1.165) is 5.69 Å². The summed E-state index contributed by atoms with van der Waals surface area (Å²) in [5.41, 5.74) is 2.03. The van der Waals surface area contributed by atoms with E-state index in [4.69, 9.17) is 4.74 Å². The zero-order valence-electron chi connectivity index (χ0n) is 11.7. The van der Waals surface area contributed by atoms with Crippen molar-refractivity contribution in [3.8, 4) is 5.75 Å². The normalized spacial score (nSPS) is 9.95. The van der Waals surface area contributed by atoms with Crippen molar-refractivity contribution in [3.63, 3.8) is 0 Å². The fourth-order valence-electron chi connectivity index (χ4n) is 1.83. The molecule has 0 saturated heterocycles. The molecule has 1 aromatic heterocycles. The summed E-state index contributed by atoms with van der Waals surface area (Å²) in [6.45, 7) is 1.85. The predicted molar refractivity (Wildman–Crippen MR) is 79.5 cm³/mol. The third kappa shape index (κ3) is 3.26. The van der Waals surface area contributed by atoms with Crippen molar-refractivity contribution in [1.82, 2.24) is 4.98 Å². The number of hydrogen-bond donors (Lipinski definition) is 2. The van der Waals surface area contributed by atoms with Crippen LogP contribution >= 0.6 is 0 Å². The number of benzene rings is 1. The second-order valence-electron chi connectivity index (χ2n) is 4.32. The highest BCUT2D eigenvalue weighted by molar-refractivity contribution is 6.04. The van der Waals surface area contributed by atoms with Crippen LogP contribution in [0.5, 0.6) is 5.75 Å². The molecule has 1 heterocycles.